The van der Waals surface area contributed by atoms with Crippen LogP contribution in [0.15, 0.2) is 35.7 Å². The molecule has 3 heteroatoms. The highest BCUT2D eigenvalue weighted by atomic mass is 32.3. The third kappa shape index (κ3) is 1.44. The molecular weight excluding hydrogens is 180 g/mol. The van der Waals surface area contributed by atoms with Gasteiger partial charge in [-0.2, -0.15) is 10.0 Å². The smallest absolute Gasteiger partial charge is 0.154 e. The van der Waals surface area contributed by atoms with E-state index in [2.05, 4.69) is 46.5 Å². The highest BCUT2D eigenvalue weighted by Gasteiger charge is 2.12. The van der Waals surface area contributed by atoms with Crippen molar-refractivity contribution in [2.75, 3.05) is 18.8 Å². The normalized spacial score (nSPS) is 13.5. The van der Waals surface area contributed by atoms with Gasteiger partial charge < -0.3 is 0 Å². The summed E-state index contributed by atoms with van der Waals surface area (Å²) in [5.41, 5.74) is 1.23. The molecule has 0 N–H and O–H groups in total. The summed E-state index contributed by atoms with van der Waals surface area (Å²) in [6, 6.07) is 6.21. The van der Waals surface area contributed by atoms with Crippen molar-refractivity contribution < 1.29 is 0 Å². The first-order valence-electron chi connectivity index (χ1n) is 4.19. The van der Waals surface area contributed by atoms with Crippen LogP contribution in [-0.4, -0.2) is 28.2 Å². The Kier molecular flexibility index (Phi) is 1.84. The largest absolute Gasteiger partial charge is 0.298 e. The van der Waals surface area contributed by atoms with Gasteiger partial charge in [-0.25, -0.2) is 4.98 Å². The zero-order valence-corrected chi connectivity index (χ0v) is 9.01. The van der Waals surface area contributed by atoms with Crippen LogP contribution in [0.4, 0.5) is 0 Å². The van der Waals surface area contributed by atoms with Crippen molar-refractivity contribution in [2.45, 2.75) is 5.16 Å². The van der Waals surface area contributed by atoms with E-state index in [-0.39, 0.29) is 0 Å². The molecule has 70 valence electrons. The van der Waals surface area contributed by atoms with Gasteiger partial charge in [-0.3, -0.25) is 4.40 Å². The lowest BCUT2D eigenvalue weighted by molar-refractivity contribution is 0.900. The molecule has 2 nitrogen and oxygen atoms in total. The summed E-state index contributed by atoms with van der Waals surface area (Å²) in [7, 11) is -0.747. The Morgan fingerprint density at radius 2 is 2.00 bits per heavy atom. The Morgan fingerprint density at radius 1 is 1.23 bits per heavy atom. The highest BCUT2D eigenvalue weighted by Crippen LogP contribution is 2.43. The van der Waals surface area contributed by atoms with Gasteiger partial charge in [0.25, 0.3) is 0 Å². The van der Waals surface area contributed by atoms with Gasteiger partial charge in [-0.15, -0.1) is 0 Å². The maximum Gasteiger partial charge on any atom is 0.154 e. The lowest BCUT2D eigenvalue weighted by Gasteiger charge is -2.25. The molecule has 0 unspecified atom stereocenters. The monoisotopic (exact) mass is 194 g/mol. The van der Waals surface area contributed by atoms with Crippen molar-refractivity contribution >= 4 is 15.5 Å². The molecule has 2 aromatic heterocycles. The van der Waals surface area contributed by atoms with Gasteiger partial charge in [0.05, 0.1) is 0 Å². The quantitative estimate of drug-likeness (QED) is 0.637. The van der Waals surface area contributed by atoms with E-state index in [9.17, 15) is 0 Å². The van der Waals surface area contributed by atoms with Gasteiger partial charge in [-0.1, -0.05) is 0 Å². The minimum Gasteiger partial charge on any atom is -0.298 e. The molecule has 0 radical (unpaired) electrons. The average Bonchev–Trinajstić information content (AvgIpc) is 2.48. The van der Waals surface area contributed by atoms with Crippen molar-refractivity contribution in [3.63, 3.8) is 0 Å². The molecule has 0 saturated carbocycles. The molecule has 0 bridgehead atoms. The summed E-state index contributed by atoms with van der Waals surface area (Å²) in [5.74, 6) is 0. The Labute approximate surface area is 79.9 Å². The van der Waals surface area contributed by atoms with Crippen LogP contribution in [0.2, 0.25) is 0 Å². The molecule has 2 aromatic rings. The van der Waals surface area contributed by atoms with Crippen molar-refractivity contribution in [2.24, 2.45) is 0 Å². The number of nitrogens with zero attached hydrogens (tertiary/aromatic N) is 2. The number of hydrogen-bond acceptors (Lipinski definition) is 1. The van der Waals surface area contributed by atoms with Gasteiger partial charge in [0.15, 0.2) is 5.16 Å². The lowest BCUT2D eigenvalue weighted by atomic mass is 10.5. The molecule has 0 amide bonds. The predicted octanol–water partition coefficient (Wildman–Crippen LogP) is 2.39. The van der Waals surface area contributed by atoms with E-state index in [4.69, 9.17) is 0 Å². The number of fused-ring (bicyclic) bond motifs is 1. The van der Waals surface area contributed by atoms with E-state index in [0.29, 0.717) is 0 Å². The first-order valence-corrected chi connectivity index (χ1v) is 7.05. The molecule has 0 aliphatic rings. The summed E-state index contributed by atoms with van der Waals surface area (Å²) < 4.78 is 2.18. The number of hydrogen-bond donors (Lipinski definition) is 0. The van der Waals surface area contributed by atoms with E-state index in [1.165, 1.54) is 10.7 Å². The third-order valence-electron chi connectivity index (χ3n) is 1.96. The third-order valence-corrected chi connectivity index (χ3v) is 3.36. The number of rotatable bonds is 1. The molecule has 2 heterocycles. The summed E-state index contributed by atoms with van der Waals surface area (Å²) in [6.45, 7) is 0. The molecule has 0 atom stereocenters. The highest BCUT2D eigenvalue weighted by molar-refractivity contribution is 8.32. The molecule has 2 rings (SSSR count). The maximum atomic E-state index is 4.45. The van der Waals surface area contributed by atoms with Crippen LogP contribution in [0.25, 0.3) is 5.52 Å². The van der Waals surface area contributed by atoms with E-state index >= 15 is 0 Å². The fraction of sp³-hybridized carbons (Fsp3) is 0.300. The van der Waals surface area contributed by atoms with Gasteiger partial charge in [0.2, 0.25) is 0 Å². The van der Waals surface area contributed by atoms with Crippen LogP contribution in [0.1, 0.15) is 0 Å². The van der Waals surface area contributed by atoms with Gasteiger partial charge in [-0.05, 0) is 37.0 Å². The molecular formula is C10H14N2S. The van der Waals surface area contributed by atoms with Gasteiger partial charge in [0.1, 0.15) is 0 Å². The fourth-order valence-electron chi connectivity index (χ4n) is 1.40. The van der Waals surface area contributed by atoms with Crippen molar-refractivity contribution in [3.8, 4) is 0 Å². The molecule has 0 fully saturated rings. The number of aromatic nitrogens is 2. The van der Waals surface area contributed by atoms with Crippen LogP contribution in [0.3, 0.4) is 0 Å². The first kappa shape index (κ1) is 8.63. The molecule has 0 spiro atoms. The second-order valence-electron chi connectivity index (χ2n) is 3.87. The molecule has 0 aromatic carbocycles. The van der Waals surface area contributed by atoms with Crippen LogP contribution in [0.5, 0.6) is 0 Å². The summed E-state index contributed by atoms with van der Waals surface area (Å²) in [5, 5.41) is 1.19. The van der Waals surface area contributed by atoms with Gasteiger partial charge >= 0.3 is 0 Å². The Bertz CT molecular complexity index is 426. The minimum absolute atomic E-state index is 0.747. The van der Waals surface area contributed by atoms with Crippen molar-refractivity contribution in [1.29, 1.82) is 0 Å². The molecule has 0 saturated heterocycles. The van der Waals surface area contributed by atoms with Crippen LogP contribution >= 0.6 is 10.0 Å². The maximum absolute atomic E-state index is 4.45. The zero-order chi connectivity index (χ0) is 9.47. The SMILES string of the molecule is CS(C)(C)c1nccc2cccn12. The first-order chi connectivity index (χ1) is 6.09. The van der Waals surface area contributed by atoms with E-state index in [0.717, 1.165) is 0 Å². The lowest BCUT2D eigenvalue weighted by Crippen LogP contribution is -2.03. The predicted molar refractivity (Wildman–Crippen MR) is 58.8 cm³/mol. The molecule has 0 aliphatic heterocycles. The second kappa shape index (κ2) is 2.77. The average molecular weight is 194 g/mol. The molecule has 0 aliphatic carbocycles. The summed E-state index contributed by atoms with van der Waals surface area (Å²) >= 11 is 0. The van der Waals surface area contributed by atoms with Crippen molar-refractivity contribution in [3.05, 3.63) is 30.6 Å². The Hall–Kier alpha value is -0.960. The summed E-state index contributed by atoms with van der Waals surface area (Å²) in [4.78, 5) is 4.45. The fourth-order valence-corrected chi connectivity index (χ4v) is 2.53. The Balaban J connectivity index is 2.75. The molecule has 13 heavy (non-hydrogen) atoms. The van der Waals surface area contributed by atoms with Crippen LogP contribution in [-0.2, 0) is 0 Å². The van der Waals surface area contributed by atoms with Crippen LogP contribution < -0.4 is 0 Å². The van der Waals surface area contributed by atoms with Gasteiger partial charge in [0, 0.05) is 17.9 Å². The van der Waals surface area contributed by atoms with Crippen molar-refractivity contribution in [1.82, 2.24) is 9.38 Å². The second-order valence-corrected chi connectivity index (χ2v) is 7.91. The topological polar surface area (TPSA) is 17.3 Å². The van der Waals surface area contributed by atoms with Crippen LogP contribution in [0, 0.1) is 0 Å². The van der Waals surface area contributed by atoms with E-state index < -0.39 is 10.0 Å². The minimum atomic E-state index is -0.747. The van der Waals surface area contributed by atoms with E-state index in [1.807, 2.05) is 12.3 Å². The summed E-state index contributed by atoms with van der Waals surface area (Å²) in [6.07, 6.45) is 10.7. The Morgan fingerprint density at radius 3 is 2.69 bits per heavy atom. The standard InChI is InChI=1S/C10H14N2S/c1-13(2,3)10-11-7-6-9-5-4-8-12(9)10/h4-8H,1-3H3. The zero-order valence-electron chi connectivity index (χ0n) is 8.19. The van der Waals surface area contributed by atoms with E-state index in [1.54, 1.807) is 0 Å².